The maximum absolute atomic E-state index is 15.4. The van der Waals surface area contributed by atoms with Gasteiger partial charge in [-0.1, -0.05) is 74.5 Å². The summed E-state index contributed by atoms with van der Waals surface area (Å²) in [7, 11) is 1.38. The van der Waals surface area contributed by atoms with E-state index in [1.807, 2.05) is 74.5 Å². The van der Waals surface area contributed by atoms with Crippen LogP contribution < -0.4 is 32.7 Å². The summed E-state index contributed by atoms with van der Waals surface area (Å²) in [6.45, 7) is 3.12. The Morgan fingerprint density at radius 3 is 1.87 bits per heavy atom. The van der Waals surface area contributed by atoms with Gasteiger partial charge in [0.1, 0.15) is 18.1 Å². The van der Waals surface area contributed by atoms with E-state index in [1.54, 1.807) is 0 Å². The minimum absolute atomic E-state index is 0.0295. The molecule has 2 aliphatic rings. The van der Waals surface area contributed by atoms with Crippen molar-refractivity contribution >= 4 is 29.7 Å². The number of amides is 6. The monoisotopic (exact) mass is 754 g/mol. The van der Waals surface area contributed by atoms with Gasteiger partial charge < -0.3 is 42.5 Å². The SMILES string of the molecule is CNC(=O)N1CCC2(CN(C(=O)[C@@H](CCCCN)NC(=O)C(CC(C)C)NC(=O)[C@@H](Cc3ccccc3)NC(=O)[C@H](N)Cc3ccccc3)C2)C(F)(F)C1. The Hall–Kier alpha value is -4.63. The lowest BCUT2D eigenvalue weighted by atomic mass is 9.69. The lowest BCUT2D eigenvalue weighted by Crippen LogP contribution is -2.73. The van der Waals surface area contributed by atoms with Crippen LogP contribution in [0.5, 0.6) is 0 Å². The van der Waals surface area contributed by atoms with E-state index in [0.29, 0.717) is 19.4 Å². The van der Waals surface area contributed by atoms with E-state index in [9.17, 15) is 24.0 Å². The number of halogens is 2. The zero-order valence-electron chi connectivity index (χ0n) is 31.5. The quantitative estimate of drug-likeness (QED) is 0.133. The van der Waals surface area contributed by atoms with Crippen molar-refractivity contribution in [3.8, 4) is 0 Å². The average molecular weight is 755 g/mol. The van der Waals surface area contributed by atoms with Crippen molar-refractivity contribution in [1.82, 2.24) is 31.1 Å². The van der Waals surface area contributed by atoms with E-state index in [4.69, 9.17) is 11.5 Å². The molecule has 0 aliphatic carbocycles. The van der Waals surface area contributed by atoms with Crippen LogP contribution in [0.4, 0.5) is 13.6 Å². The first kappa shape index (κ1) is 42.1. The average Bonchev–Trinajstić information content (AvgIpc) is 3.12. The van der Waals surface area contributed by atoms with E-state index >= 15 is 8.78 Å². The minimum Gasteiger partial charge on any atom is -0.343 e. The second kappa shape index (κ2) is 19.1. The maximum atomic E-state index is 15.4. The van der Waals surface area contributed by atoms with Crippen LogP contribution in [0.25, 0.3) is 0 Å². The molecule has 2 aliphatic heterocycles. The molecular weight excluding hydrogens is 698 g/mol. The summed E-state index contributed by atoms with van der Waals surface area (Å²) in [5, 5.41) is 10.8. The number of carbonyl (C=O) groups excluding carboxylic acids is 5. The number of unbranched alkanes of at least 4 members (excludes halogenated alkanes) is 1. The molecule has 2 heterocycles. The number of nitrogens with one attached hydrogen (secondary N) is 4. The molecule has 54 heavy (non-hydrogen) atoms. The molecule has 6 amide bonds. The maximum Gasteiger partial charge on any atom is 0.317 e. The standard InChI is InChI=1S/C39H56F2N8O5/c1-26(2)20-31(47-35(52)32(22-28-14-8-5-9-15-28)46-33(50)29(43)21-27-12-6-4-7-13-27)34(51)45-30(16-10-11-18-42)36(53)49-23-38(24-49)17-19-48(37(54)44-3)25-39(38,40)41/h4-9,12-15,26,29-32H,10-11,16-25,42-43H2,1-3H3,(H,44,54)(H,45,51)(H,46,50)(H,47,52)/t29-,30-,31?,32-/m1/s1. The lowest BCUT2D eigenvalue weighted by molar-refractivity contribution is -0.219. The van der Waals surface area contributed by atoms with Gasteiger partial charge in [-0.05, 0) is 62.1 Å². The van der Waals surface area contributed by atoms with Crippen LogP contribution in [0, 0.1) is 11.3 Å². The van der Waals surface area contributed by atoms with Crippen LogP contribution >= 0.6 is 0 Å². The van der Waals surface area contributed by atoms with E-state index in [1.165, 1.54) is 11.9 Å². The van der Waals surface area contributed by atoms with Gasteiger partial charge in [0.15, 0.2) is 0 Å². The molecule has 0 aromatic heterocycles. The van der Waals surface area contributed by atoms with Crippen molar-refractivity contribution in [2.45, 2.75) is 88.9 Å². The summed E-state index contributed by atoms with van der Waals surface area (Å²) in [5.74, 6) is -5.48. The van der Waals surface area contributed by atoms with Gasteiger partial charge in [0.2, 0.25) is 23.6 Å². The van der Waals surface area contributed by atoms with Crippen LogP contribution in [-0.2, 0) is 32.0 Å². The first-order valence-electron chi connectivity index (χ1n) is 18.8. The molecule has 1 unspecified atom stereocenters. The molecule has 0 bridgehead atoms. The van der Waals surface area contributed by atoms with Crippen molar-refractivity contribution in [3.63, 3.8) is 0 Å². The highest BCUT2D eigenvalue weighted by atomic mass is 19.3. The summed E-state index contributed by atoms with van der Waals surface area (Å²) in [4.78, 5) is 69.4. The number of piperidine rings is 1. The molecule has 4 rings (SSSR count). The van der Waals surface area contributed by atoms with E-state index in [0.717, 1.165) is 16.0 Å². The van der Waals surface area contributed by atoms with Gasteiger partial charge in [-0.2, -0.15) is 0 Å². The third-order valence-corrected chi connectivity index (χ3v) is 10.3. The zero-order valence-corrected chi connectivity index (χ0v) is 31.5. The molecular formula is C39H56F2N8O5. The normalized spacial score (nSPS) is 18.1. The van der Waals surface area contributed by atoms with Gasteiger partial charge >= 0.3 is 6.03 Å². The zero-order chi connectivity index (χ0) is 39.5. The largest absolute Gasteiger partial charge is 0.343 e. The minimum atomic E-state index is -3.21. The molecule has 4 atom stereocenters. The predicted molar refractivity (Wildman–Crippen MR) is 201 cm³/mol. The fraction of sp³-hybridized carbons (Fsp3) is 0.564. The van der Waals surface area contributed by atoms with Crippen LogP contribution in [0.1, 0.15) is 57.1 Å². The van der Waals surface area contributed by atoms with Crippen molar-refractivity contribution in [2.24, 2.45) is 22.8 Å². The van der Waals surface area contributed by atoms with Gasteiger partial charge in [0.25, 0.3) is 5.92 Å². The highest BCUT2D eigenvalue weighted by molar-refractivity contribution is 5.95. The highest BCUT2D eigenvalue weighted by Crippen LogP contribution is 2.50. The van der Waals surface area contributed by atoms with Crippen LogP contribution in [0.3, 0.4) is 0 Å². The Morgan fingerprint density at radius 2 is 1.31 bits per heavy atom. The number of hydrogen-bond acceptors (Lipinski definition) is 7. The molecule has 2 fully saturated rings. The first-order chi connectivity index (χ1) is 25.7. The van der Waals surface area contributed by atoms with Gasteiger partial charge in [-0.15, -0.1) is 0 Å². The van der Waals surface area contributed by atoms with Crippen molar-refractivity contribution in [3.05, 3.63) is 71.8 Å². The molecule has 0 saturated carbocycles. The molecule has 2 aromatic rings. The van der Waals surface area contributed by atoms with Crippen molar-refractivity contribution in [2.75, 3.05) is 39.8 Å². The predicted octanol–water partition coefficient (Wildman–Crippen LogP) is 1.94. The van der Waals surface area contributed by atoms with Gasteiger partial charge in [-0.25, -0.2) is 13.6 Å². The summed E-state index contributed by atoms with van der Waals surface area (Å²) in [6, 6.07) is 13.7. The summed E-state index contributed by atoms with van der Waals surface area (Å²) < 4.78 is 30.8. The molecule has 2 saturated heterocycles. The van der Waals surface area contributed by atoms with Gasteiger partial charge in [0, 0.05) is 33.1 Å². The third-order valence-electron chi connectivity index (χ3n) is 10.3. The van der Waals surface area contributed by atoms with Gasteiger partial charge in [0.05, 0.1) is 18.0 Å². The highest BCUT2D eigenvalue weighted by Gasteiger charge is 2.64. The molecule has 0 radical (unpaired) electrons. The van der Waals surface area contributed by atoms with Crippen LogP contribution in [-0.4, -0.2) is 109 Å². The van der Waals surface area contributed by atoms with E-state index in [2.05, 4.69) is 21.3 Å². The molecule has 2 aromatic carbocycles. The van der Waals surface area contributed by atoms with Crippen LogP contribution in [0.2, 0.25) is 0 Å². The number of hydrogen-bond donors (Lipinski definition) is 6. The Bertz CT molecular complexity index is 1580. The second-order valence-electron chi connectivity index (χ2n) is 15.0. The number of nitrogens with two attached hydrogens (primary N) is 2. The number of rotatable bonds is 17. The Kier molecular flexibility index (Phi) is 14.9. The Balaban J connectivity index is 1.47. The number of nitrogens with zero attached hydrogens (tertiary/aromatic N) is 2. The van der Waals surface area contributed by atoms with E-state index < -0.39 is 71.7 Å². The lowest BCUT2D eigenvalue weighted by Gasteiger charge is -2.57. The molecule has 8 N–H and O–H groups in total. The fourth-order valence-electron chi connectivity index (χ4n) is 7.10. The van der Waals surface area contributed by atoms with Crippen molar-refractivity contribution < 1.29 is 32.8 Å². The summed E-state index contributed by atoms with van der Waals surface area (Å²) >= 11 is 0. The Morgan fingerprint density at radius 1 is 0.759 bits per heavy atom. The van der Waals surface area contributed by atoms with Crippen LogP contribution in [0.15, 0.2) is 60.7 Å². The fourth-order valence-corrected chi connectivity index (χ4v) is 7.10. The second-order valence-corrected chi connectivity index (χ2v) is 15.0. The summed E-state index contributed by atoms with van der Waals surface area (Å²) in [5.41, 5.74) is 12.1. The third kappa shape index (κ3) is 11.0. The number of likely N-dealkylation sites (tertiary alicyclic amines) is 2. The van der Waals surface area contributed by atoms with E-state index in [-0.39, 0.29) is 57.7 Å². The smallest absolute Gasteiger partial charge is 0.317 e. The number of benzene rings is 2. The number of carbonyl (C=O) groups is 5. The number of urea groups is 1. The molecule has 1 spiro atoms. The Labute approximate surface area is 316 Å². The first-order valence-corrected chi connectivity index (χ1v) is 18.8. The molecule has 15 heteroatoms. The molecule has 296 valence electrons. The molecule has 13 nitrogen and oxygen atoms in total. The number of alkyl halides is 2. The van der Waals surface area contributed by atoms with Crippen molar-refractivity contribution in [1.29, 1.82) is 0 Å². The van der Waals surface area contributed by atoms with Gasteiger partial charge in [-0.3, -0.25) is 19.2 Å². The topological polar surface area (TPSA) is 192 Å². The summed E-state index contributed by atoms with van der Waals surface area (Å²) in [6.07, 6.45) is 1.95.